The summed E-state index contributed by atoms with van der Waals surface area (Å²) in [5.41, 5.74) is 1.04. The highest BCUT2D eigenvalue weighted by atomic mass is 35.5. The Hall–Kier alpha value is -0.650. The van der Waals surface area contributed by atoms with Crippen molar-refractivity contribution in [2.24, 2.45) is 0 Å². The molecule has 5 heteroatoms. The van der Waals surface area contributed by atoms with Crippen molar-refractivity contribution in [1.29, 1.82) is 0 Å². The number of halogens is 1. The average molecular weight is 217 g/mol. The van der Waals surface area contributed by atoms with Crippen molar-refractivity contribution in [3.8, 4) is 0 Å². The second kappa shape index (κ2) is 4.72. The zero-order chi connectivity index (χ0) is 10.7. The molecule has 0 aromatic heterocycles. The smallest absolute Gasteiger partial charge is 0.168 e. The van der Waals surface area contributed by atoms with Crippen LogP contribution in [0, 0.1) is 5.21 Å². The van der Waals surface area contributed by atoms with E-state index in [1.807, 2.05) is 19.0 Å². The quantitative estimate of drug-likeness (QED) is 0.736. The average Bonchev–Trinajstić information content (AvgIpc) is 2.01. The monoisotopic (exact) mass is 216 g/mol. The van der Waals surface area contributed by atoms with E-state index >= 15 is 0 Å². The number of nitrogens with one attached hydrogen (secondary N) is 1. The van der Waals surface area contributed by atoms with Gasteiger partial charge in [-0.25, -0.2) is 5.21 Å². The van der Waals surface area contributed by atoms with E-state index in [4.69, 9.17) is 16.8 Å². The second-order valence-corrected chi connectivity index (χ2v) is 3.78. The van der Waals surface area contributed by atoms with Crippen molar-refractivity contribution >= 4 is 17.3 Å². The van der Waals surface area contributed by atoms with Gasteiger partial charge in [-0.3, -0.25) is 0 Å². The highest BCUT2D eigenvalue weighted by Gasteiger charge is 2.09. The van der Waals surface area contributed by atoms with Gasteiger partial charge in [-0.2, -0.15) is 5.23 Å². The molecule has 0 heterocycles. The molecule has 4 nitrogen and oxygen atoms in total. The van der Waals surface area contributed by atoms with Crippen LogP contribution in [0.1, 0.15) is 5.56 Å². The van der Waals surface area contributed by atoms with Crippen LogP contribution in [0.2, 0.25) is 5.02 Å². The number of hydrogen-bond donors (Lipinski definition) is 2. The standard InChI is InChI=1S/C9H13ClN2O2/c1-11(2)6-7-5-8(10)3-4-9(7)12(13)14/h3-5,12-13H,6H2,1-2H3. The fourth-order valence-electron chi connectivity index (χ4n) is 1.24. The van der Waals surface area contributed by atoms with Gasteiger partial charge in [-0.1, -0.05) is 11.6 Å². The summed E-state index contributed by atoms with van der Waals surface area (Å²) in [7, 11) is 3.76. The highest BCUT2D eigenvalue weighted by molar-refractivity contribution is 6.30. The number of hydrogen-bond acceptors (Lipinski definition) is 3. The molecule has 78 valence electrons. The van der Waals surface area contributed by atoms with Crippen molar-refractivity contribution in [2.45, 2.75) is 6.54 Å². The largest absolute Gasteiger partial charge is 0.595 e. The summed E-state index contributed by atoms with van der Waals surface area (Å²) in [6.07, 6.45) is 0. The maximum absolute atomic E-state index is 10.9. The molecule has 0 aliphatic carbocycles. The summed E-state index contributed by atoms with van der Waals surface area (Å²) in [6.45, 7) is 0.572. The zero-order valence-electron chi connectivity index (χ0n) is 8.12. The molecule has 0 saturated carbocycles. The molecule has 2 N–H and O–H groups in total. The molecule has 0 radical (unpaired) electrons. The molecule has 1 atom stereocenters. The first-order chi connectivity index (χ1) is 6.50. The first kappa shape index (κ1) is 11.4. The minimum absolute atomic E-state index is 0.308. The van der Waals surface area contributed by atoms with Gasteiger partial charge in [0.15, 0.2) is 5.69 Å². The first-order valence-corrected chi connectivity index (χ1v) is 4.55. The van der Waals surface area contributed by atoms with Gasteiger partial charge in [0.05, 0.1) is 0 Å². The molecule has 0 bridgehead atoms. The van der Waals surface area contributed by atoms with Crippen LogP contribution in [0.15, 0.2) is 18.2 Å². The van der Waals surface area contributed by atoms with Gasteiger partial charge in [0, 0.05) is 23.2 Å². The normalized spacial score (nSPS) is 13.3. The van der Waals surface area contributed by atoms with Crippen LogP contribution in [0.3, 0.4) is 0 Å². The maximum Gasteiger partial charge on any atom is 0.168 e. The van der Waals surface area contributed by atoms with E-state index in [9.17, 15) is 5.21 Å². The van der Waals surface area contributed by atoms with E-state index in [2.05, 4.69) is 0 Å². The first-order valence-electron chi connectivity index (χ1n) is 4.17. The van der Waals surface area contributed by atoms with E-state index in [-0.39, 0.29) is 0 Å². The Kier molecular flexibility index (Phi) is 3.86. The van der Waals surface area contributed by atoms with Crippen LogP contribution >= 0.6 is 11.6 Å². The van der Waals surface area contributed by atoms with Crippen LogP contribution < -0.4 is 5.23 Å². The summed E-state index contributed by atoms with van der Waals surface area (Å²) >= 11 is 5.79. The number of nitrogens with zero attached hydrogens (tertiary/aromatic N) is 1. The lowest BCUT2D eigenvalue weighted by molar-refractivity contribution is -0.991. The highest BCUT2D eigenvalue weighted by Crippen LogP contribution is 2.18. The minimum atomic E-state index is -0.918. The van der Waals surface area contributed by atoms with Crippen molar-refractivity contribution in [3.05, 3.63) is 34.0 Å². The molecule has 0 saturated heterocycles. The van der Waals surface area contributed by atoms with Crippen molar-refractivity contribution in [2.75, 3.05) is 14.1 Å². The molecule has 1 aromatic carbocycles. The Morgan fingerprint density at radius 3 is 2.64 bits per heavy atom. The molecular weight excluding hydrogens is 204 g/mol. The predicted octanol–water partition coefficient (Wildman–Crippen LogP) is 0.805. The summed E-state index contributed by atoms with van der Waals surface area (Å²) < 4.78 is 0. The van der Waals surface area contributed by atoms with Gasteiger partial charge in [0.1, 0.15) is 0 Å². The summed E-state index contributed by atoms with van der Waals surface area (Å²) in [4.78, 5) is 1.90. The van der Waals surface area contributed by atoms with Gasteiger partial charge in [0.2, 0.25) is 0 Å². The Labute approximate surface area is 87.8 Å². The molecule has 1 rings (SSSR count). The van der Waals surface area contributed by atoms with E-state index < -0.39 is 5.23 Å². The third-order valence-electron chi connectivity index (χ3n) is 1.78. The second-order valence-electron chi connectivity index (χ2n) is 3.34. The number of benzene rings is 1. The molecule has 0 amide bonds. The lowest BCUT2D eigenvalue weighted by Gasteiger charge is -2.18. The molecular formula is C9H13ClN2O2. The summed E-state index contributed by atoms with van der Waals surface area (Å²) in [5.74, 6) is 0. The number of rotatable bonds is 3. The Bertz CT molecular complexity index is 316. The fourth-order valence-corrected chi connectivity index (χ4v) is 1.44. The third-order valence-corrected chi connectivity index (χ3v) is 2.02. The van der Waals surface area contributed by atoms with Crippen LogP contribution in [0.5, 0.6) is 0 Å². The fraction of sp³-hybridized carbons (Fsp3) is 0.333. The van der Waals surface area contributed by atoms with Crippen molar-refractivity contribution in [1.82, 2.24) is 4.90 Å². The molecule has 0 aliphatic rings. The van der Waals surface area contributed by atoms with E-state index in [1.165, 1.54) is 6.07 Å². The van der Waals surface area contributed by atoms with Crippen molar-refractivity contribution < 1.29 is 10.4 Å². The van der Waals surface area contributed by atoms with Gasteiger partial charge in [-0.15, -0.1) is 0 Å². The SMILES string of the molecule is CN(C)Cc1cc(Cl)ccc1[NH+]([O-])O. The summed E-state index contributed by atoms with van der Waals surface area (Å²) in [6, 6.07) is 4.80. The Morgan fingerprint density at radius 1 is 1.50 bits per heavy atom. The summed E-state index contributed by atoms with van der Waals surface area (Å²) in [5, 5.41) is 19.4. The zero-order valence-corrected chi connectivity index (χ0v) is 8.88. The molecule has 14 heavy (non-hydrogen) atoms. The Balaban J connectivity index is 3.03. The van der Waals surface area contributed by atoms with Gasteiger partial charge < -0.3 is 10.1 Å². The van der Waals surface area contributed by atoms with Crippen LogP contribution in [-0.2, 0) is 6.54 Å². The molecule has 1 unspecified atom stereocenters. The topological polar surface area (TPSA) is 51.0 Å². The molecule has 0 aliphatic heterocycles. The van der Waals surface area contributed by atoms with Crippen LogP contribution in [0.4, 0.5) is 5.69 Å². The third kappa shape index (κ3) is 2.94. The van der Waals surface area contributed by atoms with E-state index in [0.717, 1.165) is 5.56 Å². The van der Waals surface area contributed by atoms with E-state index in [1.54, 1.807) is 12.1 Å². The van der Waals surface area contributed by atoms with E-state index in [0.29, 0.717) is 17.3 Å². The molecule has 0 fully saturated rings. The lowest BCUT2D eigenvalue weighted by atomic mass is 10.2. The lowest BCUT2D eigenvalue weighted by Crippen LogP contribution is -2.99. The number of quaternary nitrogens is 1. The van der Waals surface area contributed by atoms with Gasteiger partial charge >= 0.3 is 0 Å². The van der Waals surface area contributed by atoms with Crippen LogP contribution in [0.25, 0.3) is 0 Å². The van der Waals surface area contributed by atoms with Gasteiger partial charge in [-0.05, 0) is 26.2 Å². The van der Waals surface area contributed by atoms with Crippen LogP contribution in [-0.4, -0.2) is 24.2 Å². The molecule has 1 aromatic rings. The maximum atomic E-state index is 10.9. The Morgan fingerprint density at radius 2 is 2.14 bits per heavy atom. The predicted molar refractivity (Wildman–Crippen MR) is 54.6 cm³/mol. The molecule has 0 spiro atoms. The van der Waals surface area contributed by atoms with Gasteiger partial charge in [0.25, 0.3) is 0 Å². The van der Waals surface area contributed by atoms with Crippen molar-refractivity contribution in [3.63, 3.8) is 0 Å². The minimum Gasteiger partial charge on any atom is -0.595 e.